The van der Waals surface area contributed by atoms with E-state index in [1.165, 1.54) is 0 Å². The molecule has 0 aliphatic carbocycles. The van der Waals surface area contributed by atoms with Gasteiger partial charge in [-0.2, -0.15) is 10.6 Å². The third-order valence-corrected chi connectivity index (χ3v) is 3.51. The molecule has 10 heavy (non-hydrogen) atoms. The lowest BCUT2D eigenvalue weighted by Crippen LogP contribution is -2.10. The lowest BCUT2D eigenvalue weighted by molar-refractivity contribution is 0.504. The first-order valence-electron chi connectivity index (χ1n) is 3.46. The van der Waals surface area contributed by atoms with Gasteiger partial charge >= 0.3 is 0 Å². The number of nitrogens with zero attached hydrogens (tertiary/aromatic N) is 1. The Kier molecular flexibility index (Phi) is 2.33. The molecule has 2 N–H and O–H groups in total. The highest BCUT2D eigenvalue weighted by molar-refractivity contribution is 8.36. The molecular formula is C6H13NO2S. The van der Waals surface area contributed by atoms with Crippen LogP contribution in [0, 0.1) is 0 Å². The SMILES string of the molecule is CCS(O)(O)C1=NCCC1. The third-order valence-electron chi connectivity index (χ3n) is 1.62. The molecule has 0 aromatic rings. The topological polar surface area (TPSA) is 52.8 Å². The van der Waals surface area contributed by atoms with Crippen LogP contribution < -0.4 is 0 Å². The molecule has 0 unspecified atom stereocenters. The standard InChI is InChI=1S/C6H13NO2S/c1-2-10(8,9)6-4-3-5-7-6/h8-9H,2-5H2,1H3. The van der Waals surface area contributed by atoms with Crippen molar-refractivity contribution in [1.29, 1.82) is 0 Å². The van der Waals surface area contributed by atoms with Gasteiger partial charge in [-0.25, -0.2) is 0 Å². The van der Waals surface area contributed by atoms with Gasteiger partial charge in [0.25, 0.3) is 0 Å². The summed E-state index contributed by atoms with van der Waals surface area (Å²) in [5.41, 5.74) is 0. The van der Waals surface area contributed by atoms with Crippen molar-refractivity contribution < 1.29 is 9.11 Å². The van der Waals surface area contributed by atoms with Crippen LogP contribution in [0.25, 0.3) is 0 Å². The summed E-state index contributed by atoms with van der Waals surface area (Å²) in [6, 6.07) is 0. The second-order valence-electron chi connectivity index (χ2n) is 2.33. The van der Waals surface area contributed by atoms with Gasteiger partial charge in [-0.3, -0.25) is 14.1 Å². The molecule has 0 spiro atoms. The largest absolute Gasteiger partial charge is 0.294 e. The highest BCUT2D eigenvalue weighted by Gasteiger charge is 2.20. The van der Waals surface area contributed by atoms with Crippen LogP contribution in [-0.4, -0.2) is 26.4 Å². The van der Waals surface area contributed by atoms with E-state index in [0.717, 1.165) is 19.4 Å². The van der Waals surface area contributed by atoms with Crippen LogP contribution in [0.5, 0.6) is 0 Å². The van der Waals surface area contributed by atoms with Crippen molar-refractivity contribution in [3.63, 3.8) is 0 Å². The van der Waals surface area contributed by atoms with Crippen LogP contribution in [0.2, 0.25) is 0 Å². The minimum absolute atomic E-state index is 0.409. The van der Waals surface area contributed by atoms with Crippen LogP contribution in [0.15, 0.2) is 4.99 Å². The third kappa shape index (κ3) is 1.51. The molecule has 60 valence electrons. The fourth-order valence-corrected chi connectivity index (χ4v) is 2.05. The van der Waals surface area contributed by atoms with Gasteiger partial charge in [-0.1, -0.05) is 0 Å². The molecule has 0 atom stereocenters. The van der Waals surface area contributed by atoms with Crippen LogP contribution in [0.3, 0.4) is 0 Å². The van der Waals surface area contributed by atoms with E-state index in [1.54, 1.807) is 6.92 Å². The molecular weight excluding hydrogens is 150 g/mol. The Balaban J connectivity index is 2.62. The van der Waals surface area contributed by atoms with E-state index in [1.807, 2.05) is 0 Å². The molecule has 0 saturated heterocycles. The zero-order valence-electron chi connectivity index (χ0n) is 6.08. The van der Waals surface area contributed by atoms with Gasteiger partial charge in [0.1, 0.15) is 5.04 Å². The van der Waals surface area contributed by atoms with Crippen molar-refractivity contribution in [2.75, 3.05) is 12.3 Å². The zero-order valence-corrected chi connectivity index (χ0v) is 6.89. The summed E-state index contributed by atoms with van der Waals surface area (Å²) < 4.78 is 18.7. The summed E-state index contributed by atoms with van der Waals surface area (Å²) in [7, 11) is -2.45. The number of hydrogen-bond acceptors (Lipinski definition) is 3. The molecule has 0 radical (unpaired) electrons. The highest BCUT2D eigenvalue weighted by atomic mass is 32.3. The van der Waals surface area contributed by atoms with Gasteiger partial charge in [0, 0.05) is 18.7 Å². The first-order valence-corrected chi connectivity index (χ1v) is 5.17. The Bertz CT molecular complexity index is 156. The molecule has 1 aliphatic heterocycles. The lowest BCUT2D eigenvalue weighted by atomic mass is 10.4. The average Bonchev–Trinajstić information content (AvgIpc) is 2.38. The van der Waals surface area contributed by atoms with Crippen LogP contribution in [0.1, 0.15) is 19.8 Å². The molecule has 1 aliphatic rings. The van der Waals surface area contributed by atoms with Gasteiger partial charge in [-0.05, 0) is 13.3 Å². The Labute approximate surface area is 62.5 Å². The fraction of sp³-hybridized carbons (Fsp3) is 0.833. The predicted octanol–water partition coefficient (Wildman–Crippen LogP) is 1.95. The lowest BCUT2D eigenvalue weighted by Gasteiger charge is -2.30. The maximum absolute atomic E-state index is 9.33. The second-order valence-corrected chi connectivity index (χ2v) is 4.72. The van der Waals surface area contributed by atoms with Crippen LogP contribution in [-0.2, 0) is 0 Å². The fourth-order valence-electron chi connectivity index (χ4n) is 0.947. The Morgan fingerprint density at radius 1 is 1.60 bits per heavy atom. The van der Waals surface area contributed by atoms with E-state index in [4.69, 9.17) is 0 Å². The molecule has 0 aromatic heterocycles. The summed E-state index contributed by atoms with van der Waals surface area (Å²) in [5, 5.41) is 0.634. The normalized spacial score (nSPS) is 20.9. The Morgan fingerprint density at radius 2 is 2.30 bits per heavy atom. The van der Waals surface area contributed by atoms with Crippen molar-refractivity contribution >= 4 is 15.6 Å². The summed E-state index contributed by atoms with van der Waals surface area (Å²) in [6.45, 7) is 2.54. The maximum Gasteiger partial charge on any atom is 0.118 e. The van der Waals surface area contributed by atoms with E-state index in [-0.39, 0.29) is 0 Å². The quantitative estimate of drug-likeness (QED) is 0.620. The van der Waals surface area contributed by atoms with E-state index in [2.05, 4.69) is 4.99 Å². The summed E-state index contributed by atoms with van der Waals surface area (Å²) in [5.74, 6) is 0.409. The molecule has 0 fully saturated rings. The minimum Gasteiger partial charge on any atom is -0.294 e. The second kappa shape index (κ2) is 2.90. The van der Waals surface area contributed by atoms with Gasteiger partial charge in [-0.15, -0.1) is 0 Å². The first-order chi connectivity index (χ1) is 4.67. The summed E-state index contributed by atoms with van der Waals surface area (Å²) in [6.07, 6.45) is 1.75. The van der Waals surface area contributed by atoms with Gasteiger partial charge in [0.05, 0.1) is 0 Å². The molecule has 0 amide bonds. The molecule has 0 bridgehead atoms. The molecule has 0 aromatic carbocycles. The van der Waals surface area contributed by atoms with Gasteiger partial charge in [0.2, 0.25) is 0 Å². The molecule has 1 heterocycles. The van der Waals surface area contributed by atoms with Gasteiger partial charge in [0.15, 0.2) is 0 Å². The summed E-state index contributed by atoms with van der Waals surface area (Å²) >= 11 is 0. The molecule has 3 nitrogen and oxygen atoms in total. The Hall–Kier alpha value is -0.0600. The van der Waals surface area contributed by atoms with Crippen molar-refractivity contribution in [3.8, 4) is 0 Å². The van der Waals surface area contributed by atoms with Crippen molar-refractivity contribution in [2.45, 2.75) is 19.8 Å². The van der Waals surface area contributed by atoms with E-state index in [9.17, 15) is 9.11 Å². The molecule has 1 rings (SSSR count). The van der Waals surface area contributed by atoms with Crippen molar-refractivity contribution in [2.24, 2.45) is 4.99 Å². The average molecular weight is 163 g/mol. The first kappa shape index (κ1) is 8.04. The van der Waals surface area contributed by atoms with Crippen molar-refractivity contribution in [3.05, 3.63) is 0 Å². The summed E-state index contributed by atoms with van der Waals surface area (Å²) in [4.78, 5) is 4.03. The van der Waals surface area contributed by atoms with E-state index < -0.39 is 10.6 Å². The number of hydrogen-bond donors (Lipinski definition) is 2. The van der Waals surface area contributed by atoms with Crippen LogP contribution >= 0.6 is 10.6 Å². The minimum atomic E-state index is -2.45. The van der Waals surface area contributed by atoms with E-state index >= 15 is 0 Å². The van der Waals surface area contributed by atoms with E-state index in [0.29, 0.717) is 10.8 Å². The molecule has 0 saturated carbocycles. The number of rotatable bonds is 1. The smallest absolute Gasteiger partial charge is 0.118 e. The zero-order chi connectivity index (χ0) is 7.61. The van der Waals surface area contributed by atoms with Crippen LogP contribution in [0.4, 0.5) is 0 Å². The van der Waals surface area contributed by atoms with Crippen molar-refractivity contribution in [1.82, 2.24) is 0 Å². The highest BCUT2D eigenvalue weighted by Crippen LogP contribution is 2.42. The van der Waals surface area contributed by atoms with Gasteiger partial charge < -0.3 is 0 Å². The maximum atomic E-state index is 9.33. The number of aliphatic imine (C=N–C) groups is 1. The predicted molar refractivity (Wildman–Crippen MR) is 44.9 cm³/mol. The monoisotopic (exact) mass is 163 g/mol. The molecule has 4 heteroatoms. The Morgan fingerprint density at radius 3 is 2.70 bits per heavy atom.